The number of hydrogen-bond donors (Lipinski definition) is 3. The summed E-state index contributed by atoms with van der Waals surface area (Å²) in [4.78, 5) is 14.7. The summed E-state index contributed by atoms with van der Waals surface area (Å²) in [6, 6.07) is 0. The van der Waals surface area contributed by atoms with Crippen molar-refractivity contribution in [1.29, 1.82) is 5.41 Å². The van der Waals surface area contributed by atoms with Gasteiger partial charge in [-0.2, -0.15) is 0 Å². The lowest BCUT2D eigenvalue weighted by molar-refractivity contribution is -0.118. The Balaban J connectivity index is 4.83. The molecule has 0 aromatic carbocycles. The minimum atomic E-state index is -0.304. The minimum absolute atomic E-state index is 0.179. The van der Waals surface area contributed by atoms with E-state index in [0.29, 0.717) is 5.70 Å². The highest BCUT2D eigenvalue weighted by Gasteiger charge is 2.03. The van der Waals surface area contributed by atoms with Crippen LogP contribution in [-0.2, 0) is 4.79 Å². The Morgan fingerprint density at radius 2 is 2.18 bits per heavy atom. The first kappa shape index (κ1) is 15.1. The second kappa shape index (κ2) is 8.29. The fourth-order valence-electron chi connectivity index (χ4n) is 0.894. The number of rotatable bonds is 6. The second-order valence-corrected chi connectivity index (χ2v) is 3.32. The summed E-state index contributed by atoms with van der Waals surface area (Å²) in [5, 5.41) is 12.3. The van der Waals surface area contributed by atoms with Gasteiger partial charge in [0.15, 0.2) is 0 Å². The number of allylic oxidation sites excluding steroid dienone is 4. The Bertz CT molecular complexity index is 396. The summed E-state index contributed by atoms with van der Waals surface area (Å²) in [5.41, 5.74) is 0.835. The first-order chi connectivity index (χ1) is 8.01. The molecule has 0 fully saturated rings. The van der Waals surface area contributed by atoms with Gasteiger partial charge in [0, 0.05) is 26.4 Å². The molecule has 0 saturated carbocycles. The quantitative estimate of drug-likeness (QED) is 0.497. The Labute approximate surface area is 105 Å². The van der Waals surface area contributed by atoms with Crippen LogP contribution in [0.2, 0.25) is 0 Å². The number of hydrogen-bond acceptors (Lipinski definition) is 4. The SMILES string of the molecule is C=C/C=C(\C=NC)N/C=C(/NC(C)=O)C(=N)Cl. The van der Waals surface area contributed by atoms with Gasteiger partial charge >= 0.3 is 0 Å². The molecule has 92 valence electrons. The van der Waals surface area contributed by atoms with Crippen molar-refractivity contribution in [3.63, 3.8) is 0 Å². The van der Waals surface area contributed by atoms with Gasteiger partial charge in [-0.1, -0.05) is 24.3 Å². The maximum absolute atomic E-state index is 10.9. The third-order valence-electron chi connectivity index (χ3n) is 1.50. The summed E-state index contributed by atoms with van der Waals surface area (Å²) < 4.78 is 0. The third-order valence-corrected chi connectivity index (χ3v) is 1.70. The van der Waals surface area contributed by atoms with Crippen molar-refractivity contribution in [2.45, 2.75) is 6.92 Å². The Hall–Kier alpha value is -1.88. The molecule has 17 heavy (non-hydrogen) atoms. The lowest BCUT2D eigenvalue weighted by atomic mass is 10.4. The Morgan fingerprint density at radius 1 is 1.53 bits per heavy atom. The highest BCUT2D eigenvalue weighted by molar-refractivity contribution is 6.68. The molecule has 6 heteroatoms. The predicted octanol–water partition coefficient (Wildman–Crippen LogP) is 1.54. The number of halogens is 1. The van der Waals surface area contributed by atoms with Gasteiger partial charge < -0.3 is 10.6 Å². The van der Waals surface area contributed by atoms with E-state index in [1.807, 2.05) is 0 Å². The van der Waals surface area contributed by atoms with E-state index >= 15 is 0 Å². The van der Waals surface area contributed by atoms with Crippen LogP contribution < -0.4 is 10.6 Å². The van der Waals surface area contributed by atoms with E-state index in [4.69, 9.17) is 17.0 Å². The van der Waals surface area contributed by atoms with Crippen LogP contribution in [0.3, 0.4) is 0 Å². The van der Waals surface area contributed by atoms with Crippen molar-refractivity contribution >= 4 is 28.9 Å². The number of nitrogens with zero attached hydrogens (tertiary/aromatic N) is 1. The molecule has 5 nitrogen and oxygen atoms in total. The standard InChI is InChI=1S/C11H15ClN4O/c1-4-5-9(6-14-3)15-7-10(11(12)13)16-8(2)17/h4-7,13,15H,1H2,2-3H3,(H,16,17)/b9-5+,10-7+,13-11?,14-6?. The fourth-order valence-corrected chi connectivity index (χ4v) is 0.996. The van der Waals surface area contributed by atoms with Crippen molar-refractivity contribution in [2.24, 2.45) is 4.99 Å². The zero-order valence-electron chi connectivity index (χ0n) is 9.75. The number of carbonyl (C=O) groups excluding carboxylic acids is 1. The van der Waals surface area contributed by atoms with Gasteiger partial charge in [0.05, 0.1) is 11.4 Å². The maximum atomic E-state index is 10.9. The van der Waals surface area contributed by atoms with Crippen molar-refractivity contribution in [3.8, 4) is 0 Å². The lowest BCUT2D eigenvalue weighted by Crippen LogP contribution is -2.24. The summed E-state index contributed by atoms with van der Waals surface area (Å²) in [6.07, 6.45) is 6.25. The third kappa shape index (κ3) is 7.08. The van der Waals surface area contributed by atoms with E-state index in [9.17, 15) is 4.79 Å². The van der Waals surface area contributed by atoms with Crippen molar-refractivity contribution in [2.75, 3.05) is 7.05 Å². The van der Waals surface area contributed by atoms with Crippen molar-refractivity contribution in [3.05, 3.63) is 36.3 Å². The van der Waals surface area contributed by atoms with Gasteiger partial charge in [-0.05, 0) is 6.08 Å². The van der Waals surface area contributed by atoms with E-state index in [2.05, 4.69) is 22.2 Å². The van der Waals surface area contributed by atoms with Crippen LogP contribution in [0.4, 0.5) is 0 Å². The smallest absolute Gasteiger partial charge is 0.221 e. The Kier molecular flexibility index (Phi) is 7.38. The molecule has 0 bridgehead atoms. The van der Waals surface area contributed by atoms with Crippen LogP contribution in [-0.4, -0.2) is 24.3 Å². The van der Waals surface area contributed by atoms with Crippen LogP contribution in [0.15, 0.2) is 41.3 Å². The van der Waals surface area contributed by atoms with Crippen LogP contribution >= 0.6 is 11.6 Å². The molecule has 0 saturated heterocycles. The van der Waals surface area contributed by atoms with Gasteiger partial charge in [0.25, 0.3) is 0 Å². The maximum Gasteiger partial charge on any atom is 0.221 e. The monoisotopic (exact) mass is 254 g/mol. The van der Waals surface area contributed by atoms with Gasteiger partial charge in [-0.15, -0.1) is 0 Å². The zero-order chi connectivity index (χ0) is 13.3. The topological polar surface area (TPSA) is 77.3 Å². The van der Waals surface area contributed by atoms with Crippen molar-refractivity contribution in [1.82, 2.24) is 10.6 Å². The van der Waals surface area contributed by atoms with E-state index in [1.165, 1.54) is 13.1 Å². The summed E-state index contributed by atoms with van der Waals surface area (Å²) in [6.45, 7) is 4.89. The van der Waals surface area contributed by atoms with Crippen LogP contribution in [0.5, 0.6) is 0 Å². The summed E-state index contributed by atoms with van der Waals surface area (Å²) in [7, 11) is 1.63. The average Bonchev–Trinajstić information content (AvgIpc) is 2.23. The van der Waals surface area contributed by atoms with Gasteiger partial charge in [0.2, 0.25) is 5.91 Å². The number of aliphatic imine (C=N–C) groups is 1. The van der Waals surface area contributed by atoms with Crippen LogP contribution in [0, 0.1) is 5.41 Å². The minimum Gasteiger partial charge on any atom is -0.358 e. The number of amides is 1. The highest BCUT2D eigenvalue weighted by Crippen LogP contribution is 1.97. The van der Waals surface area contributed by atoms with Crippen LogP contribution in [0.25, 0.3) is 0 Å². The zero-order valence-corrected chi connectivity index (χ0v) is 10.5. The molecule has 0 aromatic rings. The molecule has 0 spiro atoms. The van der Waals surface area contributed by atoms with E-state index in [0.717, 1.165) is 0 Å². The molecule has 0 heterocycles. The molecule has 0 aliphatic carbocycles. The van der Waals surface area contributed by atoms with Gasteiger partial charge in [0.1, 0.15) is 5.17 Å². The fraction of sp³-hybridized carbons (Fsp3) is 0.182. The molecular weight excluding hydrogens is 240 g/mol. The van der Waals surface area contributed by atoms with Crippen LogP contribution in [0.1, 0.15) is 6.92 Å². The number of carbonyl (C=O) groups is 1. The normalized spacial score (nSPS) is 12.4. The molecule has 0 aromatic heterocycles. The molecule has 1 amide bonds. The molecule has 3 N–H and O–H groups in total. The molecule has 0 rings (SSSR count). The van der Waals surface area contributed by atoms with Gasteiger partial charge in [-0.3, -0.25) is 15.2 Å². The van der Waals surface area contributed by atoms with E-state index < -0.39 is 0 Å². The molecule has 0 unspecified atom stereocenters. The van der Waals surface area contributed by atoms with Gasteiger partial charge in [-0.25, -0.2) is 0 Å². The molecule has 0 atom stereocenters. The first-order valence-corrected chi connectivity index (χ1v) is 5.12. The van der Waals surface area contributed by atoms with E-state index in [-0.39, 0.29) is 16.8 Å². The largest absolute Gasteiger partial charge is 0.358 e. The molecule has 0 aliphatic rings. The first-order valence-electron chi connectivity index (χ1n) is 4.74. The Morgan fingerprint density at radius 3 is 2.59 bits per heavy atom. The van der Waals surface area contributed by atoms with E-state index in [1.54, 1.807) is 25.4 Å². The molecular formula is C11H15ClN4O. The summed E-state index contributed by atoms with van der Waals surface area (Å²) >= 11 is 5.51. The molecule has 0 aliphatic heterocycles. The highest BCUT2D eigenvalue weighted by atomic mass is 35.5. The van der Waals surface area contributed by atoms with Crippen molar-refractivity contribution < 1.29 is 4.79 Å². The average molecular weight is 255 g/mol. The molecule has 0 radical (unpaired) electrons. The lowest BCUT2D eigenvalue weighted by Gasteiger charge is -2.06. The predicted molar refractivity (Wildman–Crippen MR) is 71.3 cm³/mol. The summed E-state index contributed by atoms with van der Waals surface area (Å²) in [5.74, 6) is -0.304. The second-order valence-electron chi connectivity index (χ2n) is 2.94. The number of nitrogens with one attached hydrogen (secondary N) is 3.